The lowest BCUT2D eigenvalue weighted by Crippen LogP contribution is -2.39. The van der Waals surface area contributed by atoms with Crippen molar-refractivity contribution in [2.45, 2.75) is 19.3 Å². The molecule has 0 aliphatic carbocycles. The van der Waals surface area contributed by atoms with Crippen LogP contribution in [0.2, 0.25) is 4.34 Å². The van der Waals surface area contributed by atoms with E-state index >= 15 is 0 Å². The van der Waals surface area contributed by atoms with Crippen LogP contribution in [-0.4, -0.2) is 30.3 Å². The summed E-state index contributed by atoms with van der Waals surface area (Å²) in [5, 5.41) is 2.78. The summed E-state index contributed by atoms with van der Waals surface area (Å²) < 4.78 is 41.7. The van der Waals surface area contributed by atoms with Gasteiger partial charge in [0, 0.05) is 18.0 Å². The molecule has 0 radical (unpaired) electrons. The number of benzene rings is 1. The van der Waals surface area contributed by atoms with Gasteiger partial charge in [-0.3, -0.25) is 0 Å². The maximum absolute atomic E-state index is 12.4. The Kier molecular flexibility index (Phi) is 7.55. The normalized spacial score (nSPS) is 11.1. The van der Waals surface area contributed by atoms with Crippen molar-refractivity contribution < 1.29 is 22.7 Å². The highest BCUT2D eigenvalue weighted by Crippen LogP contribution is 2.23. The van der Waals surface area contributed by atoms with Crippen molar-refractivity contribution in [2.24, 2.45) is 0 Å². The highest BCUT2D eigenvalue weighted by molar-refractivity contribution is 7.16. The first kappa shape index (κ1) is 21.1. The molecule has 2 rings (SSSR count). The van der Waals surface area contributed by atoms with Crippen LogP contribution in [0, 0.1) is 0 Å². The van der Waals surface area contributed by atoms with Crippen LogP contribution in [0.4, 0.5) is 18.0 Å². The van der Waals surface area contributed by atoms with E-state index in [1.165, 1.54) is 23.5 Å². The van der Waals surface area contributed by atoms with E-state index in [1.54, 1.807) is 29.2 Å². The van der Waals surface area contributed by atoms with Crippen LogP contribution in [0.1, 0.15) is 10.4 Å². The van der Waals surface area contributed by atoms with Crippen molar-refractivity contribution in [1.82, 2.24) is 10.2 Å². The molecule has 9 heteroatoms. The first-order valence-corrected chi connectivity index (χ1v) is 9.12. The number of hydrogen-bond acceptors (Lipinski definition) is 3. The molecule has 0 fully saturated rings. The van der Waals surface area contributed by atoms with Crippen molar-refractivity contribution in [2.75, 3.05) is 13.2 Å². The molecule has 0 unspecified atom stereocenters. The van der Waals surface area contributed by atoms with Crippen molar-refractivity contribution in [3.8, 4) is 5.75 Å². The quantitative estimate of drug-likeness (QED) is 0.595. The minimum Gasteiger partial charge on any atom is -0.484 e. The Balaban J connectivity index is 1.87. The van der Waals surface area contributed by atoms with Crippen LogP contribution >= 0.6 is 22.9 Å². The maximum atomic E-state index is 12.4. The van der Waals surface area contributed by atoms with Crippen molar-refractivity contribution in [3.63, 3.8) is 0 Å². The summed E-state index contributed by atoms with van der Waals surface area (Å²) in [7, 11) is 0. The molecule has 2 aromatic rings. The maximum Gasteiger partial charge on any atom is 0.422 e. The van der Waals surface area contributed by atoms with Crippen LogP contribution in [-0.2, 0) is 13.1 Å². The number of ether oxygens (including phenoxy) is 1. The van der Waals surface area contributed by atoms with Crippen molar-refractivity contribution in [1.29, 1.82) is 0 Å². The third-order valence-corrected chi connectivity index (χ3v) is 4.60. The van der Waals surface area contributed by atoms with Gasteiger partial charge in [-0.15, -0.1) is 17.9 Å². The molecule has 27 heavy (non-hydrogen) atoms. The summed E-state index contributed by atoms with van der Waals surface area (Å²) in [5.41, 5.74) is 0.737. The molecule has 1 aromatic heterocycles. The summed E-state index contributed by atoms with van der Waals surface area (Å²) >= 11 is 7.31. The lowest BCUT2D eigenvalue weighted by molar-refractivity contribution is -0.153. The van der Waals surface area contributed by atoms with Gasteiger partial charge in [-0.05, 0) is 29.8 Å². The summed E-state index contributed by atoms with van der Waals surface area (Å²) in [6.07, 6.45) is -2.75. The monoisotopic (exact) mass is 418 g/mol. The number of carbonyl (C=O) groups excluding carboxylic acids is 1. The van der Waals surface area contributed by atoms with Crippen LogP contribution in [0.25, 0.3) is 0 Å². The number of urea groups is 1. The van der Waals surface area contributed by atoms with Crippen molar-refractivity contribution in [3.05, 3.63) is 63.8 Å². The van der Waals surface area contributed by atoms with Gasteiger partial charge in [0.25, 0.3) is 0 Å². The molecule has 0 atom stereocenters. The van der Waals surface area contributed by atoms with E-state index in [4.69, 9.17) is 11.6 Å². The van der Waals surface area contributed by atoms with Crippen molar-refractivity contribution >= 4 is 29.0 Å². The zero-order chi connectivity index (χ0) is 19.9. The van der Waals surface area contributed by atoms with E-state index in [9.17, 15) is 18.0 Å². The van der Waals surface area contributed by atoms with Gasteiger partial charge in [0.1, 0.15) is 5.75 Å². The molecule has 1 aromatic carbocycles. The number of halogens is 4. The van der Waals surface area contributed by atoms with E-state index < -0.39 is 12.8 Å². The second-order valence-electron chi connectivity index (χ2n) is 5.58. The molecule has 0 saturated carbocycles. The zero-order valence-corrected chi connectivity index (χ0v) is 15.8. The van der Waals surface area contributed by atoms with Crippen LogP contribution in [0.5, 0.6) is 5.75 Å². The van der Waals surface area contributed by atoms with Gasteiger partial charge in [0.05, 0.1) is 10.9 Å². The summed E-state index contributed by atoms with van der Waals surface area (Å²) in [6.45, 7) is 3.32. The topological polar surface area (TPSA) is 41.6 Å². The molecule has 4 nitrogen and oxygen atoms in total. The van der Waals surface area contributed by atoms with E-state index in [2.05, 4.69) is 16.6 Å². The van der Waals surface area contributed by atoms with Gasteiger partial charge >= 0.3 is 12.2 Å². The average molecular weight is 419 g/mol. The highest BCUT2D eigenvalue weighted by Gasteiger charge is 2.28. The van der Waals surface area contributed by atoms with E-state index in [-0.39, 0.29) is 18.3 Å². The number of carbonyl (C=O) groups is 1. The Morgan fingerprint density at radius 1 is 1.26 bits per heavy atom. The lowest BCUT2D eigenvalue weighted by Gasteiger charge is -2.21. The minimum atomic E-state index is -4.38. The predicted molar refractivity (Wildman–Crippen MR) is 100 cm³/mol. The molecule has 0 aliphatic heterocycles. The second kappa shape index (κ2) is 9.66. The predicted octanol–water partition coefficient (Wildman–Crippen LogP) is 5.24. The first-order chi connectivity index (χ1) is 12.8. The summed E-state index contributed by atoms with van der Waals surface area (Å²) in [4.78, 5) is 14.9. The standard InChI is InChI=1S/C18H18ClF3N2O2S/c1-2-9-24(11-15-7-8-16(19)27-15)17(25)23-10-13-3-5-14(6-4-13)26-12-18(20,21)22/h2-8H,1,9-12H2,(H,23,25). The third-order valence-electron chi connectivity index (χ3n) is 3.38. The Hall–Kier alpha value is -2.19. The summed E-state index contributed by atoms with van der Waals surface area (Å²) in [6, 6.07) is 9.41. The molecule has 0 bridgehead atoms. The van der Waals surface area contributed by atoms with Gasteiger partial charge < -0.3 is 15.0 Å². The Morgan fingerprint density at radius 3 is 2.52 bits per heavy atom. The summed E-state index contributed by atoms with van der Waals surface area (Å²) in [5.74, 6) is 0.116. The van der Waals surface area contributed by atoms with Gasteiger partial charge in [-0.1, -0.05) is 29.8 Å². The van der Waals surface area contributed by atoms with Crippen LogP contribution in [0.3, 0.4) is 0 Å². The molecule has 146 valence electrons. The fourth-order valence-electron chi connectivity index (χ4n) is 2.16. The fraction of sp³-hybridized carbons (Fsp3) is 0.278. The lowest BCUT2D eigenvalue weighted by atomic mass is 10.2. The Labute approximate surface area is 164 Å². The van der Waals surface area contributed by atoms with Gasteiger partial charge in [-0.25, -0.2) is 4.79 Å². The fourth-order valence-corrected chi connectivity index (χ4v) is 3.26. The second-order valence-corrected chi connectivity index (χ2v) is 7.38. The Bertz CT molecular complexity index is 763. The SMILES string of the molecule is C=CCN(Cc1ccc(Cl)s1)C(=O)NCc1ccc(OCC(F)(F)F)cc1. The average Bonchev–Trinajstić information content (AvgIpc) is 3.02. The first-order valence-electron chi connectivity index (χ1n) is 7.93. The van der Waals surface area contributed by atoms with Crippen LogP contribution in [0.15, 0.2) is 49.1 Å². The van der Waals surface area contributed by atoms with Gasteiger partial charge in [-0.2, -0.15) is 13.2 Å². The van der Waals surface area contributed by atoms with Gasteiger partial charge in [0.15, 0.2) is 6.61 Å². The Morgan fingerprint density at radius 2 is 1.96 bits per heavy atom. The van der Waals surface area contributed by atoms with Crippen LogP contribution < -0.4 is 10.1 Å². The van der Waals surface area contributed by atoms with Gasteiger partial charge in [0.2, 0.25) is 0 Å². The number of hydrogen-bond donors (Lipinski definition) is 1. The highest BCUT2D eigenvalue weighted by atomic mass is 35.5. The molecule has 0 aliphatic rings. The van der Waals surface area contributed by atoms with E-state index in [0.29, 0.717) is 17.4 Å². The minimum absolute atomic E-state index is 0.116. The number of nitrogens with one attached hydrogen (secondary N) is 1. The molecular formula is C18H18ClF3N2O2S. The molecule has 2 amide bonds. The molecule has 1 heterocycles. The molecule has 0 saturated heterocycles. The molecule has 0 spiro atoms. The number of amides is 2. The molecule has 1 N–H and O–H groups in total. The number of rotatable bonds is 8. The van der Waals surface area contributed by atoms with E-state index in [1.807, 2.05) is 6.07 Å². The largest absolute Gasteiger partial charge is 0.484 e. The van der Waals surface area contributed by atoms with E-state index in [0.717, 1.165) is 10.4 Å². The number of alkyl halides is 3. The zero-order valence-electron chi connectivity index (χ0n) is 14.3. The number of nitrogens with zero attached hydrogens (tertiary/aromatic N) is 1. The molecular weight excluding hydrogens is 401 g/mol. The smallest absolute Gasteiger partial charge is 0.422 e. The number of thiophene rings is 1. The third kappa shape index (κ3) is 7.52.